The summed E-state index contributed by atoms with van der Waals surface area (Å²) in [5.74, 6) is -0.485. The van der Waals surface area contributed by atoms with Crippen LogP contribution in [0.15, 0.2) is 47.0 Å². The Hall–Kier alpha value is -2.73. The number of para-hydroxylation sites is 1. The van der Waals surface area contributed by atoms with Crippen LogP contribution in [0.3, 0.4) is 0 Å². The van der Waals surface area contributed by atoms with Gasteiger partial charge in [-0.3, -0.25) is 0 Å². The number of aliphatic hydroxyl groups is 1. The molecular formula is C17H13F2NO3. The summed E-state index contributed by atoms with van der Waals surface area (Å²) in [6, 6.07) is 10.0. The van der Waals surface area contributed by atoms with Gasteiger partial charge in [-0.1, -0.05) is 17.3 Å². The number of halogens is 2. The largest absolute Gasteiger partial charge is 0.496 e. The molecule has 0 saturated carbocycles. The summed E-state index contributed by atoms with van der Waals surface area (Å²) in [5, 5.41) is 13.5. The summed E-state index contributed by atoms with van der Waals surface area (Å²) in [4.78, 5) is 0. The number of rotatable bonds is 4. The molecule has 0 aliphatic rings. The first kappa shape index (κ1) is 15.2. The van der Waals surface area contributed by atoms with Crippen molar-refractivity contribution in [3.8, 4) is 28.3 Å². The van der Waals surface area contributed by atoms with E-state index in [0.29, 0.717) is 11.3 Å². The van der Waals surface area contributed by atoms with Gasteiger partial charge >= 0.3 is 0 Å². The van der Waals surface area contributed by atoms with Gasteiger partial charge in [-0.2, -0.15) is 0 Å². The van der Waals surface area contributed by atoms with Crippen molar-refractivity contribution in [3.63, 3.8) is 0 Å². The zero-order chi connectivity index (χ0) is 16.4. The van der Waals surface area contributed by atoms with Crippen LogP contribution < -0.4 is 4.74 Å². The molecule has 1 heterocycles. The minimum Gasteiger partial charge on any atom is -0.496 e. The fraction of sp³-hybridized carbons (Fsp3) is 0.118. The van der Waals surface area contributed by atoms with Crippen LogP contribution in [0.1, 0.15) is 5.56 Å². The average molecular weight is 317 g/mol. The standard InChI is InChI=1S/C17H13F2NO3/c1-22-15-5-3-2-4-11(15)17-13(9-21)16(20-23-17)12-8-10(18)6-7-14(12)19/h2-8,21H,9H2,1H3. The van der Waals surface area contributed by atoms with E-state index in [1.807, 2.05) is 0 Å². The SMILES string of the molecule is COc1ccccc1-c1onc(-c2cc(F)ccc2F)c1CO. The molecule has 0 spiro atoms. The Morgan fingerprint density at radius 2 is 1.91 bits per heavy atom. The summed E-state index contributed by atoms with van der Waals surface area (Å²) in [6.07, 6.45) is 0. The highest BCUT2D eigenvalue weighted by molar-refractivity contribution is 5.75. The van der Waals surface area contributed by atoms with Crippen molar-refractivity contribution in [1.82, 2.24) is 5.16 Å². The predicted molar refractivity (Wildman–Crippen MR) is 79.8 cm³/mol. The molecule has 3 aromatic rings. The first-order valence-corrected chi connectivity index (χ1v) is 6.84. The Bertz CT molecular complexity index is 846. The Morgan fingerprint density at radius 1 is 1.13 bits per heavy atom. The van der Waals surface area contributed by atoms with Crippen molar-refractivity contribution in [2.75, 3.05) is 7.11 Å². The Kier molecular flexibility index (Phi) is 4.08. The maximum Gasteiger partial charge on any atom is 0.176 e. The van der Waals surface area contributed by atoms with Crippen molar-refractivity contribution in [3.05, 3.63) is 59.7 Å². The number of nitrogens with zero attached hydrogens (tertiary/aromatic N) is 1. The normalized spacial score (nSPS) is 10.8. The van der Waals surface area contributed by atoms with Crippen LogP contribution in [0.5, 0.6) is 5.75 Å². The number of methoxy groups -OCH3 is 1. The van der Waals surface area contributed by atoms with E-state index in [1.165, 1.54) is 7.11 Å². The van der Waals surface area contributed by atoms with Crippen LogP contribution in [0, 0.1) is 11.6 Å². The second-order valence-corrected chi connectivity index (χ2v) is 4.82. The number of benzene rings is 2. The molecule has 23 heavy (non-hydrogen) atoms. The lowest BCUT2D eigenvalue weighted by molar-refractivity contribution is 0.281. The lowest BCUT2D eigenvalue weighted by Crippen LogP contribution is -1.94. The van der Waals surface area contributed by atoms with Crippen molar-refractivity contribution in [2.45, 2.75) is 6.61 Å². The van der Waals surface area contributed by atoms with Gasteiger partial charge in [0.25, 0.3) is 0 Å². The van der Waals surface area contributed by atoms with E-state index in [4.69, 9.17) is 9.26 Å². The Labute approximate surface area is 130 Å². The van der Waals surface area contributed by atoms with Crippen LogP contribution in [0.4, 0.5) is 8.78 Å². The fourth-order valence-corrected chi connectivity index (χ4v) is 2.39. The van der Waals surface area contributed by atoms with Crippen LogP contribution in [0.2, 0.25) is 0 Å². The molecule has 1 aromatic heterocycles. The minimum absolute atomic E-state index is 0.0606. The predicted octanol–water partition coefficient (Wildman–Crippen LogP) is 3.79. The highest BCUT2D eigenvalue weighted by Gasteiger charge is 2.22. The van der Waals surface area contributed by atoms with Crippen LogP contribution in [0.25, 0.3) is 22.6 Å². The molecule has 1 N–H and O–H groups in total. The molecule has 0 amide bonds. The third-order valence-electron chi connectivity index (χ3n) is 3.48. The molecule has 0 saturated heterocycles. The monoisotopic (exact) mass is 317 g/mol. The molecule has 0 unspecified atom stereocenters. The number of aliphatic hydroxyl groups excluding tert-OH is 1. The van der Waals surface area contributed by atoms with Gasteiger partial charge in [0.15, 0.2) is 5.76 Å². The summed E-state index contributed by atoms with van der Waals surface area (Å²) in [7, 11) is 1.50. The highest BCUT2D eigenvalue weighted by atomic mass is 19.1. The summed E-state index contributed by atoms with van der Waals surface area (Å²) in [6.45, 7) is -0.442. The molecule has 0 aliphatic carbocycles. The zero-order valence-corrected chi connectivity index (χ0v) is 12.2. The highest BCUT2D eigenvalue weighted by Crippen LogP contribution is 2.37. The first-order valence-electron chi connectivity index (χ1n) is 6.84. The van der Waals surface area contributed by atoms with Gasteiger partial charge in [-0.05, 0) is 30.3 Å². The molecule has 2 aromatic carbocycles. The first-order chi connectivity index (χ1) is 11.2. The van der Waals surface area contributed by atoms with E-state index in [2.05, 4.69) is 5.16 Å². The van der Waals surface area contributed by atoms with E-state index in [0.717, 1.165) is 18.2 Å². The molecule has 0 radical (unpaired) electrons. The maximum absolute atomic E-state index is 14.0. The molecule has 6 heteroatoms. The summed E-state index contributed by atoms with van der Waals surface area (Å²) in [5.41, 5.74) is 0.818. The van der Waals surface area contributed by atoms with Gasteiger partial charge in [-0.15, -0.1) is 0 Å². The van der Waals surface area contributed by atoms with Crippen LogP contribution >= 0.6 is 0 Å². The van der Waals surface area contributed by atoms with Crippen LogP contribution in [-0.4, -0.2) is 17.4 Å². The second-order valence-electron chi connectivity index (χ2n) is 4.82. The van der Waals surface area contributed by atoms with Gasteiger partial charge in [0.05, 0.1) is 24.8 Å². The van der Waals surface area contributed by atoms with Crippen LogP contribution in [-0.2, 0) is 6.61 Å². The maximum atomic E-state index is 14.0. The molecule has 0 fully saturated rings. The van der Waals surface area contributed by atoms with Crippen molar-refractivity contribution < 1.29 is 23.1 Å². The molecule has 0 atom stereocenters. The third-order valence-corrected chi connectivity index (χ3v) is 3.48. The lowest BCUT2D eigenvalue weighted by atomic mass is 10.0. The fourth-order valence-electron chi connectivity index (χ4n) is 2.39. The third kappa shape index (κ3) is 2.68. The summed E-state index contributed by atoms with van der Waals surface area (Å²) < 4.78 is 37.9. The number of hydrogen-bond acceptors (Lipinski definition) is 4. The van der Waals surface area contributed by atoms with E-state index in [9.17, 15) is 13.9 Å². The smallest absolute Gasteiger partial charge is 0.176 e. The van der Waals surface area contributed by atoms with Gasteiger partial charge in [0.2, 0.25) is 0 Å². The van der Waals surface area contributed by atoms with Crippen molar-refractivity contribution >= 4 is 0 Å². The van der Waals surface area contributed by atoms with Gasteiger partial charge < -0.3 is 14.4 Å². The van der Waals surface area contributed by atoms with E-state index >= 15 is 0 Å². The Morgan fingerprint density at radius 3 is 2.65 bits per heavy atom. The van der Waals surface area contributed by atoms with Gasteiger partial charge in [0, 0.05) is 5.56 Å². The average Bonchev–Trinajstić information content (AvgIpc) is 3.00. The molecule has 0 aliphatic heterocycles. The Balaban J connectivity index is 2.19. The quantitative estimate of drug-likeness (QED) is 0.795. The van der Waals surface area contributed by atoms with E-state index in [-0.39, 0.29) is 22.6 Å². The van der Waals surface area contributed by atoms with Gasteiger partial charge in [-0.25, -0.2) is 8.78 Å². The van der Waals surface area contributed by atoms with Crippen molar-refractivity contribution in [2.24, 2.45) is 0 Å². The molecule has 3 rings (SSSR count). The zero-order valence-electron chi connectivity index (χ0n) is 12.2. The minimum atomic E-state index is -0.652. The van der Waals surface area contributed by atoms with E-state index in [1.54, 1.807) is 24.3 Å². The van der Waals surface area contributed by atoms with Gasteiger partial charge in [0.1, 0.15) is 23.1 Å². The summed E-state index contributed by atoms with van der Waals surface area (Å²) >= 11 is 0. The van der Waals surface area contributed by atoms with Crippen molar-refractivity contribution in [1.29, 1.82) is 0 Å². The number of ether oxygens (including phenoxy) is 1. The molecule has 0 bridgehead atoms. The van der Waals surface area contributed by atoms with E-state index < -0.39 is 18.2 Å². The molecule has 118 valence electrons. The molecule has 4 nitrogen and oxygen atoms in total. The second kappa shape index (κ2) is 6.18. The topological polar surface area (TPSA) is 55.5 Å². The molecular weight excluding hydrogens is 304 g/mol. The number of hydrogen-bond donors (Lipinski definition) is 1. The number of aromatic nitrogens is 1. The lowest BCUT2D eigenvalue weighted by Gasteiger charge is -2.07.